The van der Waals surface area contributed by atoms with Crippen LogP contribution in [-0.2, 0) is 25.5 Å². The summed E-state index contributed by atoms with van der Waals surface area (Å²) in [5.74, 6) is 0.806. The summed E-state index contributed by atoms with van der Waals surface area (Å²) in [6.07, 6.45) is 3.77. The molecule has 3 aromatic rings. The zero-order chi connectivity index (χ0) is 18.2. The maximum atomic E-state index is 7.22. The molecule has 0 saturated heterocycles. The molecule has 1 aromatic heterocycles. The number of benzene rings is 2. The summed E-state index contributed by atoms with van der Waals surface area (Å²) in [5.41, 5.74) is 6.44. The van der Waals surface area contributed by atoms with Gasteiger partial charge in [-0.05, 0) is 36.0 Å². The van der Waals surface area contributed by atoms with Gasteiger partial charge in [-0.25, -0.2) is 0 Å². The molecular formula is C22H22BIrN3-. The third kappa shape index (κ3) is 4.58. The molecule has 0 bridgehead atoms. The van der Waals surface area contributed by atoms with Gasteiger partial charge in [0, 0.05) is 46.6 Å². The maximum absolute atomic E-state index is 7.22. The van der Waals surface area contributed by atoms with Gasteiger partial charge in [0.05, 0.1) is 12.4 Å². The molecule has 1 heterocycles. The predicted molar refractivity (Wildman–Crippen MR) is 108 cm³/mol. The van der Waals surface area contributed by atoms with Crippen molar-refractivity contribution in [3.8, 4) is 17.1 Å². The van der Waals surface area contributed by atoms with Gasteiger partial charge >= 0.3 is 0 Å². The Bertz CT molecular complexity index is 955. The first-order valence-corrected chi connectivity index (χ1v) is 8.36. The summed E-state index contributed by atoms with van der Waals surface area (Å²) in [6.45, 7) is 18.2. The van der Waals surface area contributed by atoms with Crippen LogP contribution in [-0.4, -0.2) is 18.0 Å². The van der Waals surface area contributed by atoms with Crippen LogP contribution in [0.15, 0.2) is 42.7 Å². The van der Waals surface area contributed by atoms with E-state index in [2.05, 4.69) is 67.2 Å². The van der Waals surface area contributed by atoms with E-state index in [1.165, 1.54) is 16.7 Å². The number of imidazole rings is 1. The van der Waals surface area contributed by atoms with Crippen molar-refractivity contribution in [2.24, 2.45) is 0 Å². The normalized spacial score (nSPS) is 10.5. The van der Waals surface area contributed by atoms with Gasteiger partial charge in [0.25, 0.3) is 0 Å². The molecule has 0 unspecified atom stereocenters. The molecule has 0 fully saturated rings. The van der Waals surface area contributed by atoms with Crippen molar-refractivity contribution in [1.82, 2.24) is 9.55 Å². The average Bonchev–Trinajstić information content (AvgIpc) is 3.02. The molecule has 3 rings (SSSR count). The van der Waals surface area contributed by atoms with E-state index in [4.69, 9.17) is 6.57 Å². The van der Waals surface area contributed by atoms with Crippen LogP contribution in [0.1, 0.15) is 37.5 Å². The van der Waals surface area contributed by atoms with E-state index >= 15 is 0 Å². The van der Waals surface area contributed by atoms with Gasteiger partial charge in [0.15, 0.2) is 0 Å². The van der Waals surface area contributed by atoms with E-state index in [1.807, 2.05) is 12.3 Å². The SMILES string of the molecule is [B].[C-]#[N+]c1cc[c-]c(-c2nccn2-c2c(C)cc(C(C)(C)C)cc2C)c1.[Ir]. The summed E-state index contributed by atoms with van der Waals surface area (Å²) in [5, 5.41) is 0. The summed E-state index contributed by atoms with van der Waals surface area (Å²) < 4.78 is 2.09. The number of hydrogen-bond donors (Lipinski definition) is 0. The summed E-state index contributed by atoms with van der Waals surface area (Å²) >= 11 is 0. The molecule has 0 saturated carbocycles. The Hall–Kier alpha value is -2.15. The van der Waals surface area contributed by atoms with Gasteiger partial charge in [0.1, 0.15) is 5.69 Å². The minimum absolute atomic E-state index is 0. The van der Waals surface area contributed by atoms with Crippen molar-refractivity contribution in [2.45, 2.75) is 40.0 Å². The van der Waals surface area contributed by atoms with E-state index in [1.54, 1.807) is 18.3 Å². The summed E-state index contributed by atoms with van der Waals surface area (Å²) in [6, 6.07) is 13.1. The zero-order valence-electron chi connectivity index (χ0n) is 16.3. The molecule has 0 atom stereocenters. The second kappa shape index (κ2) is 8.70. The van der Waals surface area contributed by atoms with Crippen LogP contribution in [0.5, 0.6) is 0 Å². The van der Waals surface area contributed by atoms with Crippen LogP contribution in [0.4, 0.5) is 5.69 Å². The van der Waals surface area contributed by atoms with Gasteiger partial charge in [-0.1, -0.05) is 32.9 Å². The molecule has 0 spiro atoms. The standard InChI is InChI=1S/C22H22N3.B.Ir/c1-15-12-18(22(3,4)5)13-16(2)20(15)25-11-10-24-21(25)17-8-7-9-19(14-17)23-6;;/h7,9-14H,1-5H3;;/q-1;;. The van der Waals surface area contributed by atoms with E-state index in [0.717, 1.165) is 17.1 Å². The number of rotatable bonds is 2. The van der Waals surface area contributed by atoms with Crippen LogP contribution in [0.3, 0.4) is 0 Å². The molecule has 5 heteroatoms. The van der Waals surface area contributed by atoms with Crippen LogP contribution >= 0.6 is 0 Å². The maximum Gasteiger partial charge on any atom is 0.109 e. The molecule has 3 nitrogen and oxygen atoms in total. The minimum Gasteiger partial charge on any atom is -0.340 e. The third-order valence-corrected chi connectivity index (χ3v) is 4.39. The van der Waals surface area contributed by atoms with Crippen molar-refractivity contribution in [1.29, 1.82) is 0 Å². The molecule has 4 radical (unpaired) electrons. The van der Waals surface area contributed by atoms with Crippen molar-refractivity contribution >= 4 is 14.1 Å². The Morgan fingerprint density at radius 1 is 1.11 bits per heavy atom. The monoisotopic (exact) mass is 532 g/mol. The second-order valence-electron chi connectivity index (χ2n) is 7.40. The first-order chi connectivity index (χ1) is 11.8. The molecule has 0 aliphatic carbocycles. The van der Waals surface area contributed by atoms with Gasteiger partial charge in [-0.15, -0.1) is 23.8 Å². The largest absolute Gasteiger partial charge is 0.340 e. The van der Waals surface area contributed by atoms with Gasteiger partial charge in [-0.3, -0.25) is 9.83 Å². The fourth-order valence-electron chi connectivity index (χ4n) is 3.11. The quantitative estimate of drug-likeness (QED) is 0.320. The average molecular weight is 531 g/mol. The smallest absolute Gasteiger partial charge is 0.109 e. The van der Waals surface area contributed by atoms with Gasteiger partial charge in [0.2, 0.25) is 0 Å². The number of nitrogens with zero attached hydrogens (tertiary/aromatic N) is 3. The fraction of sp³-hybridized carbons (Fsp3) is 0.273. The molecule has 0 amide bonds. The van der Waals surface area contributed by atoms with Gasteiger partial charge in [-0.2, -0.15) is 6.07 Å². The van der Waals surface area contributed by atoms with E-state index in [9.17, 15) is 0 Å². The van der Waals surface area contributed by atoms with Crippen molar-refractivity contribution < 1.29 is 20.1 Å². The fourth-order valence-corrected chi connectivity index (χ4v) is 3.11. The Labute approximate surface area is 177 Å². The Balaban J connectivity index is 0.00000182. The molecular weight excluding hydrogens is 509 g/mol. The summed E-state index contributed by atoms with van der Waals surface area (Å²) in [7, 11) is 0. The van der Waals surface area contributed by atoms with Crippen LogP contribution in [0.25, 0.3) is 21.9 Å². The Morgan fingerprint density at radius 3 is 2.30 bits per heavy atom. The van der Waals surface area contributed by atoms with Crippen LogP contribution in [0.2, 0.25) is 0 Å². The van der Waals surface area contributed by atoms with E-state index < -0.39 is 0 Å². The van der Waals surface area contributed by atoms with Crippen molar-refractivity contribution in [3.05, 3.63) is 76.9 Å². The molecule has 0 aliphatic heterocycles. The Morgan fingerprint density at radius 2 is 1.74 bits per heavy atom. The zero-order valence-corrected chi connectivity index (χ0v) is 18.7. The number of aryl methyl sites for hydroxylation is 2. The molecule has 138 valence electrons. The van der Waals surface area contributed by atoms with Crippen molar-refractivity contribution in [2.75, 3.05) is 0 Å². The first-order valence-electron chi connectivity index (χ1n) is 8.36. The summed E-state index contributed by atoms with van der Waals surface area (Å²) in [4.78, 5) is 8.03. The van der Waals surface area contributed by atoms with E-state index in [0.29, 0.717) is 5.69 Å². The molecule has 0 aliphatic rings. The predicted octanol–water partition coefficient (Wildman–Crippen LogP) is 5.42. The van der Waals surface area contributed by atoms with Gasteiger partial charge < -0.3 is 4.57 Å². The minimum atomic E-state index is 0. The molecule has 27 heavy (non-hydrogen) atoms. The second-order valence-corrected chi connectivity index (χ2v) is 7.40. The molecule has 0 N–H and O–H groups in total. The molecule has 2 aromatic carbocycles. The van der Waals surface area contributed by atoms with Crippen LogP contribution in [0, 0.1) is 26.5 Å². The Kier molecular flexibility index (Phi) is 7.37. The van der Waals surface area contributed by atoms with E-state index in [-0.39, 0.29) is 33.9 Å². The topological polar surface area (TPSA) is 22.2 Å². The van der Waals surface area contributed by atoms with Crippen molar-refractivity contribution in [3.63, 3.8) is 0 Å². The number of hydrogen-bond acceptors (Lipinski definition) is 1. The number of aromatic nitrogens is 2. The first kappa shape index (κ1) is 22.9. The van der Waals surface area contributed by atoms with Crippen LogP contribution < -0.4 is 0 Å². The third-order valence-electron chi connectivity index (χ3n) is 4.39.